The average Bonchev–Trinajstić information content (AvgIpc) is 3.13. The fourth-order valence-electron chi connectivity index (χ4n) is 3.36. The molecule has 3 atom stereocenters. The number of amides is 1. The van der Waals surface area contributed by atoms with Crippen LogP contribution in [-0.4, -0.2) is 23.4 Å². The molecule has 1 amide bonds. The summed E-state index contributed by atoms with van der Waals surface area (Å²) < 4.78 is 14.4. The summed E-state index contributed by atoms with van der Waals surface area (Å²) in [6, 6.07) is 13.3. The first-order valence-corrected chi connectivity index (χ1v) is 9.57. The van der Waals surface area contributed by atoms with Crippen LogP contribution in [0.3, 0.4) is 0 Å². The van der Waals surface area contributed by atoms with E-state index in [1.54, 1.807) is 11.0 Å². The molecule has 1 aliphatic rings. The first-order valence-electron chi connectivity index (χ1n) is 9.19. The molecule has 3 nitrogen and oxygen atoms in total. The Morgan fingerprint density at radius 3 is 2.67 bits per heavy atom. The summed E-state index contributed by atoms with van der Waals surface area (Å²) in [4.78, 5) is 14.8. The van der Waals surface area contributed by atoms with Crippen LogP contribution in [-0.2, 0) is 4.79 Å². The van der Waals surface area contributed by atoms with Gasteiger partial charge in [0.25, 0.3) is 0 Å². The van der Waals surface area contributed by atoms with Crippen molar-refractivity contribution in [3.05, 3.63) is 76.6 Å². The lowest BCUT2D eigenvalue weighted by Gasteiger charge is -2.30. The molecule has 5 heteroatoms. The zero-order valence-corrected chi connectivity index (χ0v) is 16.3. The Bertz CT molecular complexity index is 853. The van der Waals surface area contributed by atoms with Crippen molar-refractivity contribution in [2.45, 2.75) is 32.4 Å². The summed E-state index contributed by atoms with van der Waals surface area (Å²) in [6.07, 6.45) is 2.76. The second-order valence-corrected chi connectivity index (χ2v) is 7.49. The van der Waals surface area contributed by atoms with Crippen LogP contribution in [0.4, 0.5) is 4.39 Å². The van der Waals surface area contributed by atoms with Crippen LogP contribution in [0.5, 0.6) is 0 Å². The number of hydrogen-bond donors (Lipinski definition) is 1. The first-order chi connectivity index (χ1) is 12.9. The molecule has 1 heterocycles. The molecule has 2 aromatic carbocycles. The maximum atomic E-state index is 14.4. The zero-order valence-electron chi connectivity index (χ0n) is 15.5. The molecular weight excluding hydrogens is 363 g/mol. The first kappa shape index (κ1) is 19.6. The van der Waals surface area contributed by atoms with Crippen LogP contribution >= 0.6 is 11.6 Å². The second kappa shape index (κ2) is 8.24. The van der Waals surface area contributed by atoms with Gasteiger partial charge in [0.2, 0.25) is 5.91 Å². The molecule has 0 saturated carbocycles. The number of halogens is 2. The van der Waals surface area contributed by atoms with Gasteiger partial charge in [-0.1, -0.05) is 68.3 Å². The van der Waals surface area contributed by atoms with Crippen LogP contribution in [0.15, 0.2) is 54.6 Å². The average molecular weight is 387 g/mol. The van der Waals surface area contributed by atoms with Crippen LogP contribution in [0.25, 0.3) is 5.57 Å². The van der Waals surface area contributed by atoms with E-state index in [0.717, 1.165) is 17.6 Å². The summed E-state index contributed by atoms with van der Waals surface area (Å²) in [5.74, 6) is -0.397. The van der Waals surface area contributed by atoms with Gasteiger partial charge in [-0.2, -0.15) is 0 Å². The van der Waals surface area contributed by atoms with E-state index in [0.29, 0.717) is 17.1 Å². The van der Waals surface area contributed by atoms with E-state index in [1.807, 2.05) is 50.3 Å². The van der Waals surface area contributed by atoms with E-state index in [2.05, 4.69) is 0 Å². The van der Waals surface area contributed by atoms with Gasteiger partial charge in [0.15, 0.2) is 0 Å². The molecule has 0 bridgehead atoms. The maximum Gasteiger partial charge on any atom is 0.240 e. The summed E-state index contributed by atoms with van der Waals surface area (Å²) in [5, 5.41) is 0.463. The van der Waals surface area contributed by atoms with Crippen LogP contribution in [0.2, 0.25) is 5.02 Å². The number of nitrogens with zero attached hydrogens (tertiary/aromatic N) is 1. The normalized spacial score (nSPS) is 18.9. The van der Waals surface area contributed by atoms with Gasteiger partial charge in [0.1, 0.15) is 5.82 Å². The quantitative estimate of drug-likeness (QED) is 0.800. The van der Waals surface area contributed by atoms with E-state index in [1.165, 1.54) is 12.1 Å². The highest BCUT2D eigenvalue weighted by atomic mass is 35.5. The third-order valence-corrected chi connectivity index (χ3v) is 5.51. The van der Waals surface area contributed by atoms with Crippen molar-refractivity contribution < 1.29 is 9.18 Å². The van der Waals surface area contributed by atoms with Gasteiger partial charge in [-0.05, 0) is 35.3 Å². The largest absolute Gasteiger partial charge is 0.326 e. The Hall–Kier alpha value is -2.17. The van der Waals surface area contributed by atoms with Crippen LogP contribution in [0, 0.1) is 11.7 Å². The predicted molar refractivity (Wildman–Crippen MR) is 108 cm³/mol. The van der Waals surface area contributed by atoms with Gasteiger partial charge in [0, 0.05) is 17.1 Å². The summed E-state index contributed by atoms with van der Waals surface area (Å²) in [7, 11) is 0. The molecule has 1 aliphatic heterocycles. The lowest BCUT2D eigenvalue weighted by atomic mass is 9.98. The van der Waals surface area contributed by atoms with Crippen molar-refractivity contribution in [2.24, 2.45) is 11.7 Å². The van der Waals surface area contributed by atoms with Crippen molar-refractivity contribution in [3.63, 3.8) is 0 Å². The fraction of sp³-hybridized carbons (Fsp3) is 0.318. The number of carbonyl (C=O) groups is 1. The Labute approximate surface area is 164 Å². The molecule has 2 N–H and O–H groups in total. The third-order valence-electron chi connectivity index (χ3n) is 5.28. The van der Waals surface area contributed by atoms with Gasteiger partial charge in [-0.25, -0.2) is 4.39 Å². The molecule has 0 fully saturated rings. The van der Waals surface area contributed by atoms with E-state index in [4.69, 9.17) is 17.3 Å². The number of rotatable bonds is 5. The monoisotopic (exact) mass is 386 g/mol. The molecule has 0 aromatic heterocycles. The SMILES string of the molecule is CC[C@H](C)[C@H](N)C(=O)N1CC(c2cc(Cl)ccc2F)=CC1c1ccccc1. The van der Waals surface area contributed by atoms with Crippen LogP contribution < -0.4 is 5.73 Å². The molecule has 142 valence electrons. The minimum absolute atomic E-state index is 0.0703. The summed E-state index contributed by atoms with van der Waals surface area (Å²) in [5.41, 5.74) is 8.36. The lowest BCUT2D eigenvalue weighted by Crippen LogP contribution is -2.47. The highest BCUT2D eigenvalue weighted by Gasteiger charge is 2.35. The second-order valence-electron chi connectivity index (χ2n) is 7.05. The number of carbonyl (C=O) groups excluding carboxylic acids is 1. The Morgan fingerprint density at radius 2 is 2.00 bits per heavy atom. The fourth-order valence-corrected chi connectivity index (χ4v) is 3.54. The Morgan fingerprint density at radius 1 is 1.30 bits per heavy atom. The predicted octanol–water partition coefficient (Wildman–Crippen LogP) is 4.82. The van der Waals surface area contributed by atoms with Gasteiger partial charge in [-0.3, -0.25) is 4.79 Å². The molecule has 0 aliphatic carbocycles. The lowest BCUT2D eigenvalue weighted by molar-refractivity contribution is -0.134. The molecule has 0 spiro atoms. The molecule has 0 saturated heterocycles. The highest BCUT2D eigenvalue weighted by molar-refractivity contribution is 6.30. The van der Waals surface area contributed by atoms with E-state index < -0.39 is 6.04 Å². The van der Waals surface area contributed by atoms with Crippen molar-refractivity contribution in [1.82, 2.24) is 4.90 Å². The number of benzene rings is 2. The van der Waals surface area contributed by atoms with Gasteiger partial charge in [-0.15, -0.1) is 0 Å². The molecule has 27 heavy (non-hydrogen) atoms. The zero-order chi connectivity index (χ0) is 19.6. The minimum Gasteiger partial charge on any atom is -0.326 e. The van der Waals surface area contributed by atoms with E-state index in [-0.39, 0.29) is 23.7 Å². The molecule has 3 rings (SSSR count). The van der Waals surface area contributed by atoms with Gasteiger partial charge < -0.3 is 10.6 Å². The molecule has 0 radical (unpaired) electrons. The van der Waals surface area contributed by atoms with Crippen molar-refractivity contribution in [3.8, 4) is 0 Å². The van der Waals surface area contributed by atoms with Crippen molar-refractivity contribution in [1.29, 1.82) is 0 Å². The smallest absolute Gasteiger partial charge is 0.240 e. The van der Waals surface area contributed by atoms with E-state index >= 15 is 0 Å². The molecular formula is C22H24ClFN2O. The Balaban J connectivity index is 1.99. The van der Waals surface area contributed by atoms with E-state index in [9.17, 15) is 9.18 Å². The number of nitrogens with two attached hydrogens (primary N) is 1. The standard InChI is InChI=1S/C22H24ClFN2O/c1-3-14(2)21(25)22(27)26-13-16(18-12-17(23)9-10-19(18)24)11-20(26)15-7-5-4-6-8-15/h4-12,14,20-21H,3,13,25H2,1-2H3/t14-,20?,21-/m0/s1. The van der Waals surface area contributed by atoms with Crippen molar-refractivity contribution in [2.75, 3.05) is 6.54 Å². The highest BCUT2D eigenvalue weighted by Crippen LogP contribution is 2.36. The Kier molecular flexibility index (Phi) is 5.98. The van der Waals surface area contributed by atoms with Crippen LogP contribution in [0.1, 0.15) is 37.4 Å². The number of hydrogen-bond acceptors (Lipinski definition) is 2. The molecule has 1 unspecified atom stereocenters. The van der Waals surface area contributed by atoms with Gasteiger partial charge >= 0.3 is 0 Å². The molecule has 2 aromatic rings. The minimum atomic E-state index is -0.585. The summed E-state index contributed by atoms with van der Waals surface area (Å²) in [6.45, 7) is 4.29. The maximum absolute atomic E-state index is 14.4. The third kappa shape index (κ3) is 4.07. The van der Waals surface area contributed by atoms with Gasteiger partial charge in [0.05, 0.1) is 12.1 Å². The topological polar surface area (TPSA) is 46.3 Å². The van der Waals surface area contributed by atoms with Crippen molar-refractivity contribution >= 4 is 23.1 Å². The summed E-state index contributed by atoms with van der Waals surface area (Å²) >= 11 is 6.06.